The molecule has 0 bridgehead atoms. The van der Waals surface area contributed by atoms with Gasteiger partial charge in [0.1, 0.15) is 11.5 Å². The molecule has 0 aliphatic carbocycles. The van der Waals surface area contributed by atoms with E-state index in [1.54, 1.807) is 37.7 Å². The molecule has 1 aromatic rings. The highest BCUT2D eigenvalue weighted by molar-refractivity contribution is 7.13. The van der Waals surface area contributed by atoms with E-state index in [4.69, 9.17) is 0 Å². The van der Waals surface area contributed by atoms with Crippen molar-refractivity contribution in [2.75, 3.05) is 26.1 Å². The number of thiazole rings is 1. The predicted molar refractivity (Wildman–Crippen MR) is 115 cm³/mol. The van der Waals surface area contributed by atoms with Crippen molar-refractivity contribution in [3.63, 3.8) is 0 Å². The van der Waals surface area contributed by atoms with Crippen LogP contribution in [-0.4, -0.2) is 42.6 Å². The highest BCUT2D eigenvalue weighted by Gasteiger charge is 2.08. The first kappa shape index (κ1) is 23.8. The summed E-state index contributed by atoms with van der Waals surface area (Å²) in [7, 11) is 3.25. The molecule has 0 saturated heterocycles. The van der Waals surface area contributed by atoms with Crippen molar-refractivity contribution < 1.29 is 9.84 Å². The summed E-state index contributed by atoms with van der Waals surface area (Å²) in [6.07, 6.45) is 9.42. The van der Waals surface area contributed by atoms with Crippen LogP contribution in [0.4, 0.5) is 5.13 Å². The Morgan fingerprint density at radius 3 is 2.50 bits per heavy atom. The SMILES string of the molecule is C=C.CC1/C=C\C(c2csc(NC(C)C)n2)=NC/C=C(O)\C=C/1.COC. The zero-order valence-electron chi connectivity index (χ0n) is 16.4. The first-order valence-electron chi connectivity index (χ1n) is 8.38. The molecule has 26 heavy (non-hydrogen) atoms. The molecule has 1 atom stereocenters. The van der Waals surface area contributed by atoms with Crippen LogP contribution in [0, 0.1) is 5.92 Å². The first-order chi connectivity index (χ1) is 12.5. The standard InChI is InChI=1S/C16H21N3OS.C2H6O.C2H4/c1-11(2)18-16-19-15(10-21-16)14-7-5-12(3)4-6-13(20)8-9-17-14;1-3-2;1-2/h4-8,10-12,20H,9H2,1-3H3,(H,18,19);1-2H3;1-2H2/b6-4-,7-5-,13-8+,17-14?;;. The van der Waals surface area contributed by atoms with Crippen molar-refractivity contribution in [1.29, 1.82) is 0 Å². The minimum atomic E-state index is 0.232. The van der Waals surface area contributed by atoms with Gasteiger partial charge in [0.2, 0.25) is 0 Å². The molecule has 1 aliphatic rings. The van der Waals surface area contributed by atoms with Gasteiger partial charge in [0.25, 0.3) is 0 Å². The van der Waals surface area contributed by atoms with Gasteiger partial charge in [0, 0.05) is 25.6 Å². The van der Waals surface area contributed by atoms with Crippen LogP contribution in [-0.2, 0) is 4.74 Å². The first-order valence-corrected chi connectivity index (χ1v) is 9.26. The third-order valence-electron chi connectivity index (χ3n) is 2.87. The lowest BCUT2D eigenvalue weighted by molar-refractivity contribution is 0.277. The maximum absolute atomic E-state index is 9.67. The number of nitrogens with one attached hydrogen (secondary N) is 1. The summed E-state index contributed by atoms with van der Waals surface area (Å²) in [4.78, 5) is 9.08. The Morgan fingerprint density at radius 1 is 1.27 bits per heavy atom. The average molecular weight is 378 g/mol. The van der Waals surface area contributed by atoms with Gasteiger partial charge in [0.15, 0.2) is 5.13 Å². The molecule has 6 heteroatoms. The number of rotatable bonds is 3. The van der Waals surface area contributed by atoms with Crippen molar-refractivity contribution in [3.05, 3.63) is 60.4 Å². The van der Waals surface area contributed by atoms with Gasteiger partial charge in [-0.05, 0) is 38.0 Å². The predicted octanol–water partition coefficient (Wildman–Crippen LogP) is 5.02. The van der Waals surface area contributed by atoms with Crippen molar-refractivity contribution in [2.24, 2.45) is 10.9 Å². The van der Waals surface area contributed by atoms with Gasteiger partial charge in [-0.1, -0.05) is 19.1 Å². The number of hydrogen-bond donors (Lipinski definition) is 2. The topological polar surface area (TPSA) is 66.7 Å². The zero-order valence-corrected chi connectivity index (χ0v) is 17.2. The van der Waals surface area contributed by atoms with Crippen molar-refractivity contribution in [1.82, 2.24) is 4.98 Å². The van der Waals surface area contributed by atoms with Gasteiger partial charge in [0.05, 0.1) is 12.3 Å². The molecule has 0 radical (unpaired) electrons. The van der Waals surface area contributed by atoms with Crippen molar-refractivity contribution in [2.45, 2.75) is 26.8 Å². The second kappa shape index (κ2) is 14.0. The number of nitrogens with zero attached hydrogens (tertiary/aromatic N) is 2. The Labute approximate surface area is 161 Å². The van der Waals surface area contributed by atoms with Gasteiger partial charge >= 0.3 is 0 Å². The summed E-state index contributed by atoms with van der Waals surface area (Å²) in [5.74, 6) is 0.483. The minimum Gasteiger partial charge on any atom is -0.508 e. The quantitative estimate of drug-likeness (QED) is 0.726. The number of allylic oxidation sites excluding steroid dienone is 4. The van der Waals surface area contributed by atoms with Crippen molar-refractivity contribution in [3.8, 4) is 0 Å². The third kappa shape index (κ3) is 9.96. The van der Waals surface area contributed by atoms with Crippen LogP contribution in [0.5, 0.6) is 0 Å². The molecule has 1 aromatic heterocycles. The Hall–Kier alpha value is -2.18. The highest BCUT2D eigenvalue weighted by atomic mass is 32.1. The Kier molecular flexibility index (Phi) is 12.9. The molecule has 0 aromatic carbocycles. The summed E-state index contributed by atoms with van der Waals surface area (Å²) >= 11 is 1.58. The second-order valence-electron chi connectivity index (χ2n) is 5.68. The average Bonchev–Trinajstić information content (AvgIpc) is 3.06. The number of hydrogen-bond acceptors (Lipinski definition) is 6. The number of methoxy groups -OCH3 is 1. The van der Waals surface area contributed by atoms with Gasteiger partial charge in [-0.15, -0.1) is 24.5 Å². The monoisotopic (exact) mass is 377 g/mol. The number of aromatic nitrogens is 1. The van der Waals surface area contributed by atoms with Gasteiger partial charge in [-0.2, -0.15) is 0 Å². The molecule has 144 valence electrons. The van der Waals surface area contributed by atoms with E-state index >= 15 is 0 Å². The highest BCUT2D eigenvalue weighted by Crippen LogP contribution is 2.18. The van der Waals surface area contributed by atoms with Crippen LogP contribution >= 0.6 is 11.3 Å². The lowest BCUT2D eigenvalue weighted by Gasteiger charge is -2.05. The maximum Gasteiger partial charge on any atom is 0.183 e. The number of aliphatic hydroxyl groups is 1. The Bertz CT molecular complexity index is 631. The number of aliphatic imine (C=N–C) groups is 1. The molecule has 0 saturated carbocycles. The van der Waals surface area contributed by atoms with E-state index in [2.05, 4.69) is 60.0 Å². The van der Waals surface area contributed by atoms with Crippen LogP contribution in [0.2, 0.25) is 0 Å². The van der Waals surface area contributed by atoms with Gasteiger partial charge in [-0.3, -0.25) is 4.99 Å². The van der Waals surface area contributed by atoms with Crippen LogP contribution in [0.25, 0.3) is 0 Å². The molecular formula is C20H31N3O2S. The van der Waals surface area contributed by atoms with E-state index in [-0.39, 0.29) is 11.7 Å². The molecule has 2 heterocycles. The fraction of sp³-hybridized carbons (Fsp3) is 0.400. The van der Waals surface area contributed by atoms with E-state index in [1.165, 1.54) is 0 Å². The summed E-state index contributed by atoms with van der Waals surface area (Å²) in [6.45, 7) is 12.7. The fourth-order valence-corrected chi connectivity index (χ4v) is 2.64. The fourth-order valence-electron chi connectivity index (χ4n) is 1.79. The van der Waals surface area contributed by atoms with E-state index in [0.717, 1.165) is 16.5 Å². The summed E-state index contributed by atoms with van der Waals surface area (Å²) in [5.41, 5.74) is 1.71. The molecular weight excluding hydrogens is 346 g/mol. The molecule has 5 nitrogen and oxygen atoms in total. The van der Waals surface area contributed by atoms with Gasteiger partial charge in [-0.25, -0.2) is 4.98 Å². The van der Waals surface area contributed by atoms with Crippen LogP contribution in [0.1, 0.15) is 26.5 Å². The van der Waals surface area contributed by atoms with Gasteiger partial charge < -0.3 is 15.2 Å². The smallest absolute Gasteiger partial charge is 0.183 e. The number of aliphatic hydroxyl groups excluding tert-OH is 1. The molecule has 1 aliphatic heterocycles. The van der Waals surface area contributed by atoms with E-state index < -0.39 is 0 Å². The van der Waals surface area contributed by atoms with Crippen molar-refractivity contribution >= 4 is 22.2 Å². The van der Waals surface area contributed by atoms with Crippen LogP contribution in [0.3, 0.4) is 0 Å². The van der Waals surface area contributed by atoms with Crippen LogP contribution in [0.15, 0.2) is 59.7 Å². The molecule has 0 spiro atoms. The summed E-state index contributed by atoms with van der Waals surface area (Å²) < 4.78 is 4.25. The number of anilines is 1. The van der Waals surface area contributed by atoms with E-state index in [9.17, 15) is 5.11 Å². The largest absolute Gasteiger partial charge is 0.508 e. The molecule has 2 N–H and O–H groups in total. The normalized spacial score (nSPS) is 20.9. The molecule has 0 fully saturated rings. The number of ether oxygens (including phenoxy) is 1. The van der Waals surface area contributed by atoms with E-state index in [0.29, 0.717) is 12.6 Å². The minimum absolute atomic E-state index is 0.232. The lowest BCUT2D eigenvalue weighted by atomic mass is 10.1. The summed E-state index contributed by atoms with van der Waals surface area (Å²) in [6, 6.07) is 0.357. The Morgan fingerprint density at radius 2 is 1.88 bits per heavy atom. The zero-order chi connectivity index (χ0) is 19.9. The maximum atomic E-state index is 9.67. The molecule has 1 unspecified atom stereocenters. The van der Waals surface area contributed by atoms with Crippen LogP contribution < -0.4 is 5.32 Å². The second-order valence-corrected chi connectivity index (χ2v) is 6.54. The third-order valence-corrected chi connectivity index (χ3v) is 3.64. The lowest BCUT2D eigenvalue weighted by Crippen LogP contribution is -2.09. The summed E-state index contributed by atoms with van der Waals surface area (Å²) in [5, 5.41) is 15.9. The van der Waals surface area contributed by atoms with E-state index in [1.807, 2.05) is 17.5 Å². The molecule has 2 rings (SSSR count). The molecule has 0 amide bonds. The Balaban J connectivity index is 0.00000113.